The number of carbonyl (C=O) groups is 1. The smallest absolute Gasteiger partial charge is 0.234 e. The summed E-state index contributed by atoms with van der Waals surface area (Å²) in [5, 5.41) is 3.84. The van der Waals surface area contributed by atoms with E-state index in [1.54, 1.807) is 0 Å². The van der Waals surface area contributed by atoms with Crippen molar-refractivity contribution >= 4 is 22.6 Å². The van der Waals surface area contributed by atoms with E-state index in [0.717, 1.165) is 16.5 Å². The van der Waals surface area contributed by atoms with Crippen LogP contribution in [0.15, 0.2) is 30.3 Å². The van der Waals surface area contributed by atoms with Crippen molar-refractivity contribution in [1.29, 1.82) is 0 Å². The monoisotopic (exact) mass is 272 g/mol. The van der Waals surface area contributed by atoms with Gasteiger partial charge >= 0.3 is 0 Å². The molecule has 1 aromatic carbocycles. The van der Waals surface area contributed by atoms with Gasteiger partial charge in [-0.1, -0.05) is 18.2 Å². The summed E-state index contributed by atoms with van der Waals surface area (Å²) < 4.78 is 0. The molecule has 1 amide bonds. The quantitative estimate of drug-likeness (QED) is 0.862. The molecule has 0 radical (unpaired) electrons. The molecule has 0 atom stereocenters. The molecule has 1 aromatic heterocycles. The van der Waals surface area contributed by atoms with Crippen LogP contribution >= 0.6 is 0 Å². The number of anilines is 1. The van der Waals surface area contributed by atoms with Crippen molar-refractivity contribution in [2.75, 3.05) is 25.9 Å². The molecular weight excluding hydrogens is 252 g/mol. The predicted molar refractivity (Wildman–Crippen MR) is 81.2 cm³/mol. The van der Waals surface area contributed by atoms with Gasteiger partial charge in [-0.05, 0) is 26.1 Å². The number of benzene rings is 1. The highest BCUT2D eigenvalue weighted by Crippen LogP contribution is 2.19. The number of amides is 1. The highest BCUT2D eigenvalue weighted by Gasteiger charge is 2.09. The molecule has 0 fully saturated rings. The van der Waals surface area contributed by atoms with Crippen molar-refractivity contribution in [1.82, 2.24) is 15.2 Å². The molecule has 1 heterocycles. The molecule has 0 aliphatic heterocycles. The fraction of sp³-hybridized carbons (Fsp3) is 0.333. The molecule has 0 saturated carbocycles. The Kier molecular flexibility index (Phi) is 4.53. The number of rotatable bonds is 5. The van der Waals surface area contributed by atoms with Crippen LogP contribution in [0.2, 0.25) is 0 Å². The minimum Gasteiger partial charge on any atom is -0.383 e. The lowest BCUT2D eigenvalue weighted by molar-refractivity contribution is -0.121. The van der Waals surface area contributed by atoms with E-state index in [0.29, 0.717) is 25.5 Å². The summed E-state index contributed by atoms with van der Waals surface area (Å²) in [6.45, 7) is 3.50. The zero-order valence-electron chi connectivity index (χ0n) is 11.9. The lowest BCUT2D eigenvalue weighted by Crippen LogP contribution is -2.34. The molecule has 0 spiro atoms. The van der Waals surface area contributed by atoms with Gasteiger partial charge in [0.05, 0.1) is 12.1 Å². The number of hydrogen-bond donors (Lipinski definition) is 2. The molecular formula is C15H20N4O. The second-order valence-electron chi connectivity index (χ2n) is 4.85. The van der Waals surface area contributed by atoms with Crippen LogP contribution in [-0.4, -0.2) is 35.9 Å². The van der Waals surface area contributed by atoms with Gasteiger partial charge in [0.25, 0.3) is 0 Å². The van der Waals surface area contributed by atoms with Gasteiger partial charge in [0.1, 0.15) is 5.82 Å². The molecule has 2 aromatic rings. The van der Waals surface area contributed by atoms with E-state index in [2.05, 4.69) is 10.3 Å². The Hall–Kier alpha value is -2.14. The largest absolute Gasteiger partial charge is 0.383 e. The van der Waals surface area contributed by atoms with E-state index >= 15 is 0 Å². The first-order chi connectivity index (χ1) is 9.60. The van der Waals surface area contributed by atoms with Crippen LogP contribution in [0.4, 0.5) is 5.82 Å². The Balaban J connectivity index is 2.12. The Morgan fingerprint density at radius 3 is 2.90 bits per heavy atom. The molecule has 0 aliphatic carbocycles. The van der Waals surface area contributed by atoms with Crippen molar-refractivity contribution in [3.63, 3.8) is 0 Å². The molecule has 5 heteroatoms. The summed E-state index contributed by atoms with van der Waals surface area (Å²) >= 11 is 0. The lowest BCUT2D eigenvalue weighted by Gasteiger charge is -2.17. The zero-order chi connectivity index (χ0) is 14.5. The van der Waals surface area contributed by atoms with Crippen LogP contribution in [0.25, 0.3) is 10.9 Å². The number of nitrogens with two attached hydrogens (primary N) is 1. The van der Waals surface area contributed by atoms with Crippen LogP contribution < -0.4 is 11.1 Å². The zero-order valence-corrected chi connectivity index (χ0v) is 11.9. The third kappa shape index (κ3) is 3.45. The normalized spacial score (nSPS) is 10.9. The number of carbonyl (C=O) groups excluding carboxylic acids is 1. The minimum absolute atomic E-state index is 0.0160. The number of hydrogen-bond acceptors (Lipinski definition) is 4. The number of pyridine rings is 1. The van der Waals surface area contributed by atoms with Crippen LogP contribution in [0, 0.1) is 0 Å². The predicted octanol–water partition coefficient (Wildman–Crippen LogP) is 1.38. The summed E-state index contributed by atoms with van der Waals surface area (Å²) in [7, 11) is 1.89. The van der Waals surface area contributed by atoms with Crippen molar-refractivity contribution in [3.8, 4) is 0 Å². The molecule has 0 aliphatic rings. The standard InChI is InChI=1S/C15H20N4O/c1-3-17-14(20)10-19(2)9-12-8-11-6-4-5-7-13(11)18-15(12)16/h4-8H,3,9-10H2,1-2H3,(H2,16,18)(H,17,20). The number of fused-ring (bicyclic) bond motifs is 1. The van der Waals surface area contributed by atoms with E-state index in [4.69, 9.17) is 5.73 Å². The summed E-state index contributed by atoms with van der Waals surface area (Å²) in [6, 6.07) is 9.90. The second-order valence-corrected chi connectivity index (χ2v) is 4.85. The summed E-state index contributed by atoms with van der Waals surface area (Å²) in [5.41, 5.74) is 7.82. The number of nitrogen functional groups attached to an aromatic ring is 1. The fourth-order valence-corrected chi connectivity index (χ4v) is 2.15. The number of para-hydroxylation sites is 1. The maximum Gasteiger partial charge on any atom is 0.234 e. The van der Waals surface area contributed by atoms with Crippen molar-refractivity contribution in [3.05, 3.63) is 35.9 Å². The average Bonchev–Trinajstić information content (AvgIpc) is 2.39. The summed E-state index contributed by atoms with van der Waals surface area (Å²) in [5.74, 6) is 0.536. The molecule has 0 unspecified atom stereocenters. The van der Waals surface area contributed by atoms with E-state index in [9.17, 15) is 4.79 Å². The molecule has 2 rings (SSSR count). The lowest BCUT2D eigenvalue weighted by atomic mass is 10.1. The van der Waals surface area contributed by atoms with Gasteiger partial charge in [-0.3, -0.25) is 9.69 Å². The van der Waals surface area contributed by atoms with Gasteiger partial charge in [-0.15, -0.1) is 0 Å². The van der Waals surface area contributed by atoms with Crippen molar-refractivity contribution < 1.29 is 4.79 Å². The van der Waals surface area contributed by atoms with Gasteiger partial charge in [0, 0.05) is 24.0 Å². The van der Waals surface area contributed by atoms with Crippen LogP contribution in [0.1, 0.15) is 12.5 Å². The minimum atomic E-state index is 0.0160. The maximum absolute atomic E-state index is 11.5. The van der Waals surface area contributed by atoms with Crippen molar-refractivity contribution in [2.45, 2.75) is 13.5 Å². The Labute approximate surface area is 118 Å². The number of likely N-dealkylation sites (N-methyl/N-ethyl adjacent to an activating group) is 2. The van der Waals surface area contributed by atoms with E-state index < -0.39 is 0 Å². The summed E-state index contributed by atoms with van der Waals surface area (Å²) in [4.78, 5) is 17.9. The van der Waals surface area contributed by atoms with E-state index in [1.807, 2.05) is 49.2 Å². The second kappa shape index (κ2) is 6.34. The Bertz CT molecular complexity index is 612. The third-order valence-corrected chi connectivity index (χ3v) is 3.06. The molecule has 0 saturated heterocycles. The van der Waals surface area contributed by atoms with Gasteiger partial charge in [-0.2, -0.15) is 0 Å². The topological polar surface area (TPSA) is 71.2 Å². The molecule has 106 valence electrons. The fourth-order valence-electron chi connectivity index (χ4n) is 2.15. The van der Waals surface area contributed by atoms with Crippen LogP contribution in [0.5, 0.6) is 0 Å². The number of nitrogens with one attached hydrogen (secondary N) is 1. The third-order valence-electron chi connectivity index (χ3n) is 3.06. The SMILES string of the molecule is CCNC(=O)CN(C)Cc1cc2ccccc2nc1N. The highest BCUT2D eigenvalue weighted by molar-refractivity contribution is 5.81. The highest BCUT2D eigenvalue weighted by atomic mass is 16.1. The Morgan fingerprint density at radius 2 is 2.15 bits per heavy atom. The van der Waals surface area contributed by atoms with Gasteiger partial charge in [0.15, 0.2) is 0 Å². The van der Waals surface area contributed by atoms with Crippen LogP contribution in [0.3, 0.4) is 0 Å². The van der Waals surface area contributed by atoms with E-state index in [-0.39, 0.29) is 5.91 Å². The summed E-state index contributed by atoms with van der Waals surface area (Å²) in [6.07, 6.45) is 0. The van der Waals surface area contributed by atoms with Gasteiger partial charge < -0.3 is 11.1 Å². The Morgan fingerprint density at radius 1 is 1.40 bits per heavy atom. The van der Waals surface area contributed by atoms with Gasteiger partial charge in [0.2, 0.25) is 5.91 Å². The molecule has 3 N–H and O–H groups in total. The van der Waals surface area contributed by atoms with Crippen LogP contribution in [-0.2, 0) is 11.3 Å². The molecule has 20 heavy (non-hydrogen) atoms. The number of nitrogens with zero attached hydrogens (tertiary/aromatic N) is 2. The van der Waals surface area contributed by atoms with Crippen molar-refractivity contribution in [2.24, 2.45) is 0 Å². The first kappa shape index (κ1) is 14.3. The maximum atomic E-state index is 11.5. The molecule has 0 bridgehead atoms. The van der Waals surface area contributed by atoms with E-state index in [1.165, 1.54) is 0 Å². The average molecular weight is 272 g/mol. The number of aromatic nitrogens is 1. The first-order valence-corrected chi connectivity index (χ1v) is 6.69. The van der Waals surface area contributed by atoms with Gasteiger partial charge in [-0.25, -0.2) is 4.98 Å². The molecule has 5 nitrogen and oxygen atoms in total. The first-order valence-electron chi connectivity index (χ1n) is 6.69.